The molecule has 1 aromatic rings. The van der Waals surface area contributed by atoms with Crippen molar-refractivity contribution in [1.29, 1.82) is 0 Å². The van der Waals surface area contributed by atoms with Gasteiger partial charge in [-0.1, -0.05) is 5.16 Å². The SMILES string of the molecule is O=C(NCCCCCO)c1cnon1. The Morgan fingerprint density at radius 2 is 2.36 bits per heavy atom. The van der Waals surface area contributed by atoms with Crippen LogP contribution in [-0.4, -0.2) is 34.5 Å². The molecule has 0 bridgehead atoms. The lowest BCUT2D eigenvalue weighted by Gasteiger charge is -2.00. The first-order valence-electron chi connectivity index (χ1n) is 4.51. The van der Waals surface area contributed by atoms with Crippen molar-refractivity contribution in [2.24, 2.45) is 0 Å². The Morgan fingerprint density at radius 3 is 3.00 bits per heavy atom. The molecule has 0 saturated heterocycles. The molecule has 2 N–H and O–H groups in total. The van der Waals surface area contributed by atoms with E-state index in [-0.39, 0.29) is 18.2 Å². The number of nitrogens with zero attached hydrogens (tertiary/aromatic N) is 2. The van der Waals surface area contributed by atoms with E-state index in [0.717, 1.165) is 19.3 Å². The fourth-order valence-electron chi connectivity index (χ4n) is 0.971. The van der Waals surface area contributed by atoms with E-state index in [4.69, 9.17) is 5.11 Å². The van der Waals surface area contributed by atoms with Gasteiger partial charge in [0.15, 0.2) is 5.69 Å². The molecule has 0 radical (unpaired) electrons. The van der Waals surface area contributed by atoms with Gasteiger partial charge in [-0.3, -0.25) is 4.79 Å². The fourth-order valence-corrected chi connectivity index (χ4v) is 0.971. The number of aromatic nitrogens is 2. The minimum atomic E-state index is -0.282. The molecule has 6 nitrogen and oxygen atoms in total. The predicted octanol–water partition coefficient (Wildman–Crippen LogP) is -0.0380. The molecular weight excluding hydrogens is 186 g/mol. The van der Waals surface area contributed by atoms with Gasteiger partial charge in [0.2, 0.25) is 0 Å². The largest absolute Gasteiger partial charge is 0.396 e. The van der Waals surface area contributed by atoms with Gasteiger partial charge in [0.1, 0.15) is 6.20 Å². The van der Waals surface area contributed by atoms with Crippen LogP contribution in [-0.2, 0) is 0 Å². The minimum absolute atomic E-state index is 0.187. The van der Waals surface area contributed by atoms with E-state index in [0.29, 0.717) is 6.54 Å². The van der Waals surface area contributed by atoms with E-state index in [9.17, 15) is 4.79 Å². The predicted molar refractivity (Wildman–Crippen MR) is 47.6 cm³/mol. The van der Waals surface area contributed by atoms with Gasteiger partial charge in [0.05, 0.1) is 0 Å². The van der Waals surface area contributed by atoms with Gasteiger partial charge in [-0.25, -0.2) is 4.63 Å². The van der Waals surface area contributed by atoms with Crippen molar-refractivity contribution in [3.63, 3.8) is 0 Å². The Labute approximate surface area is 81.3 Å². The molecule has 6 heteroatoms. The molecule has 0 aliphatic rings. The normalized spacial score (nSPS) is 10.1. The second-order valence-corrected chi connectivity index (χ2v) is 2.83. The Morgan fingerprint density at radius 1 is 1.50 bits per heavy atom. The molecule has 1 aromatic heterocycles. The quantitative estimate of drug-likeness (QED) is 0.628. The number of amides is 1. The minimum Gasteiger partial charge on any atom is -0.396 e. The first kappa shape index (κ1) is 10.6. The lowest BCUT2D eigenvalue weighted by atomic mass is 10.2. The van der Waals surface area contributed by atoms with Crippen molar-refractivity contribution in [2.45, 2.75) is 19.3 Å². The van der Waals surface area contributed by atoms with Gasteiger partial charge in [0.25, 0.3) is 5.91 Å². The summed E-state index contributed by atoms with van der Waals surface area (Å²) in [5, 5.41) is 17.9. The first-order chi connectivity index (χ1) is 6.84. The van der Waals surface area contributed by atoms with Crippen LogP contribution in [0.4, 0.5) is 0 Å². The molecule has 78 valence electrons. The third-order valence-electron chi connectivity index (χ3n) is 1.71. The summed E-state index contributed by atoms with van der Waals surface area (Å²) in [6, 6.07) is 0. The van der Waals surface area contributed by atoms with Gasteiger partial charge in [0, 0.05) is 13.2 Å². The van der Waals surface area contributed by atoms with Crippen LogP contribution in [0, 0.1) is 0 Å². The Hall–Kier alpha value is -1.43. The van der Waals surface area contributed by atoms with Gasteiger partial charge >= 0.3 is 0 Å². The second-order valence-electron chi connectivity index (χ2n) is 2.83. The number of aliphatic hydroxyl groups excluding tert-OH is 1. The van der Waals surface area contributed by atoms with Crippen LogP contribution in [0.15, 0.2) is 10.8 Å². The van der Waals surface area contributed by atoms with E-state index < -0.39 is 0 Å². The monoisotopic (exact) mass is 199 g/mol. The van der Waals surface area contributed by atoms with Crippen molar-refractivity contribution in [3.05, 3.63) is 11.9 Å². The summed E-state index contributed by atoms with van der Waals surface area (Å²) in [5.41, 5.74) is 0.187. The number of carbonyl (C=O) groups excluding carboxylic acids is 1. The summed E-state index contributed by atoms with van der Waals surface area (Å²) in [6.45, 7) is 0.771. The lowest BCUT2D eigenvalue weighted by Crippen LogP contribution is -2.24. The highest BCUT2D eigenvalue weighted by Gasteiger charge is 2.07. The molecular formula is C8H13N3O3. The van der Waals surface area contributed by atoms with Crippen LogP contribution in [0.25, 0.3) is 0 Å². The molecule has 0 aliphatic heterocycles. The molecule has 0 fully saturated rings. The number of nitrogens with one attached hydrogen (secondary N) is 1. The van der Waals surface area contributed by atoms with E-state index in [2.05, 4.69) is 20.3 Å². The summed E-state index contributed by atoms with van der Waals surface area (Å²) in [7, 11) is 0. The number of hydrogen-bond donors (Lipinski definition) is 2. The molecule has 14 heavy (non-hydrogen) atoms. The molecule has 0 saturated carbocycles. The molecule has 0 spiro atoms. The fraction of sp³-hybridized carbons (Fsp3) is 0.625. The van der Waals surface area contributed by atoms with E-state index in [1.807, 2.05) is 0 Å². The Balaban J connectivity index is 2.10. The van der Waals surface area contributed by atoms with Gasteiger partial charge in [-0.2, -0.15) is 0 Å². The first-order valence-corrected chi connectivity index (χ1v) is 4.51. The molecule has 0 unspecified atom stereocenters. The zero-order valence-electron chi connectivity index (χ0n) is 7.77. The maximum atomic E-state index is 11.2. The van der Waals surface area contributed by atoms with Crippen LogP contribution < -0.4 is 5.32 Å². The molecule has 0 aromatic carbocycles. The number of unbranched alkanes of at least 4 members (excludes halogenated alkanes) is 2. The third kappa shape index (κ3) is 3.53. The summed E-state index contributed by atoms with van der Waals surface area (Å²) >= 11 is 0. The van der Waals surface area contributed by atoms with Gasteiger partial charge in [-0.05, 0) is 24.4 Å². The summed E-state index contributed by atoms with van der Waals surface area (Å²) in [5.74, 6) is -0.282. The third-order valence-corrected chi connectivity index (χ3v) is 1.71. The average molecular weight is 199 g/mol. The standard InChI is InChI=1S/C8H13N3O3/c12-5-3-1-2-4-9-8(13)7-6-10-14-11-7/h6,12H,1-5H2,(H,9,13). The summed E-state index contributed by atoms with van der Waals surface area (Å²) < 4.78 is 4.29. The number of aliphatic hydroxyl groups is 1. The zero-order valence-corrected chi connectivity index (χ0v) is 7.77. The summed E-state index contributed by atoms with van der Waals surface area (Å²) in [4.78, 5) is 11.2. The van der Waals surface area contributed by atoms with Crippen molar-refractivity contribution in [1.82, 2.24) is 15.6 Å². The smallest absolute Gasteiger partial charge is 0.275 e. The lowest BCUT2D eigenvalue weighted by molar-refractivity contribution is 0.0943. The van der Waals surface area contributed by atoms with E-state index in [1.54, 1.807) is 0 Å². The maximum absolute atomic E-state index is 11.2. The van der Waals surface area contributed by atoms with Crippen molar-refractivity contribution in [3.8, 4) is 0 Å². The van der Waals surface area contributed by atoms with Gasteiger partial charge < -0.3 is 10.4 Å². The van der Waals surface area contributed by atoms with Crippen LogP contribution in [0.5, 0.6) is 0 Å². The van der Waals surface area contributed by atoms with Crippen LogP contribution in [0.2, 0.25) is 0 Å². The van der Waals surface area contributed by atoms with Crippen molar-refractivity contribution >= 4 is 5.91 Å². The highest BCUT2D eigenvalue weighted by atomic mass is 16.6. The zero-order chi connectivity index (χ0) is 10.2. The highest BCUT2D eigenvalue weighted by Crippen LogP contribution is 1.94. The van der Waals surface area contributed by atoms with E-state index >= 15 is 0 Å². The molecule has 1 rings (SSSR count). The molecule has 0 aliphatic carbocycles. The molecule has 0 atom stereocenters. The van der Waals surface area contributed by atoms with Crippen LogP contribution in [0.1, 0.15) is 29.8 Å². The van der Waals surface area contributed by atoms with Crippen molar-refractivity contribution in [2.75, 3.05) is 13.2 Å². The van der Waals surface area contributed by atoms with E-state index in [1.165, 1.54) is 6.20 Å². The number of carbonyl (C=O) groups is 1. The topological polar surface area (TPSA) is 88.2 Å². The maximum Gasteiger partial charge on any atom is 0.275 e. The second kappa shape index (κ2) is 6.09. The van der Waals surface area contributed by atoms with Crippen molar-refractivity contribution < 1.29 is 14.5 Å². The number of hydrogen-bond acceptors (Lipinski definition) is 5. The Kier molecular flexibility index (Phi) is 4.63. The van der Waals surface area contributed by atoms with Gasteiger partial charge in [-0.15, -0.1) is 0 Å². The highest BCUT2D eigenvalue weighted by molar-refractivity contribution is 5.91. The average Bonchev–Trinajstić information content (AvgIpc) is 2.70. The summed E-state index contributed by atoms with van der Waals surface area (Å²) in [6.07, 6.45) is 3.77. The number of rotatable bonds is 6. The van der Waals surface area contributed by atoms with Crippen LogP contribution in [0.3, 0.4) is 0 Å². The Bertz CT molecular complexity index is 261. The van der Waals surface area contributed by atoms with Crippen LogP contribution >= 0.6 is 0 Å². The molecule has 1 heterocycles. The molecule has 1 amide bonds.